The summed E-state index contributed by atoms with van der Waals surface area (Å²) in [7, 11) is 6.48. The Bertz CT molecular complexity index is 2480. The first kappa shape index (κ1) is 70.6. The number of rotatable bonds is 28. The van der Waals surface area contributed by atoms with E-state index in [0.29, 0.717) is 117 Å². The fraction of sp³-hybridized carbons (Fsp3) is 0.750. The SMILES string of the molecule is COCCCOc1cc(C(=O)N(C(C)C)[C@@H]2CC[C@H](CCN(C(=O)CC3CCCCC3)C3CC3)N(C(=O)OC(C)(C)C)C2)ccc1OC.COCCCOc1cc(C(=O)N(C(C)C)[C@@H]2CC[C@H](CCNC3CC3)N(C(=O)OC(C)(C)C)C2)ccc1OC. The lowest BCUT2D eigenvalue weighted by atomic mass is 9.86. The third kappa shape index (κ3) is 22.2. The fourth-order valence-electron chi connectivity index (χ4n) is 12.4. The van der Waals surface area contributed by atoms with Gasteiger partial charge in [-0.3, -0.25) is 14.4 Å². The standard InChI is InChI=1S/C38H61N3O7.C30H49N3O6/c1-27(2)41(36(43)29-14-19-33(46-7)34(25-29)47-23-11-22-45-6)32-18-17-31(40(26-32)37(44)48-38(3,4)5)20-21-39(30-15-16-30)35(42)24-28-12-9-8-10-13-28;1-21(2)33(28(34)22-9-14-26(37-7)27(19-22)38-18-8-17-36-6)25-13-12-24(15-16-31-23-10-11-23)32(20-25)29(35)39-30(3,4)5/h14,19,25,27-28,30-32H,8-13,15-18,20-24,26H2,1-7H3;9,14,19,21,23-25,31H,8,10-13,15-18,20H2,1-7H3/t31-,32-;24-,25-/m11/s1. The zero-order valence-electron chi connectivity index (χ0n) is 55.6. The number of hydrogen-bond donors (Lipinski definition) is 1. The molecule has 2 aromatic rings. The molecule has 1 N–H and O–H groups in total. The molecule has 19 nitrogen and oxygen atoms in total. The molecule has 5 amide bonds. The molecule has 2 aromatic carbocycles. The second kappa shape index (κ2) is 33.9. The number of nitrogens with one attached hydrogen (secondary N) is 1. The average Bonchev–Trinajstić information content (AvgIpc) is 2.19. The zero-order chi connectivity index (χ0) is 63.4. The summed E-state index contributed by atoms with van der Waals surface area (Å²) in [5.41, 5.74) is -0.197. The molecule has 0 radical (unpaired) electrons. The van der Waals surface area contributed by atoms with Gasteiger partial charge >= 0.3 is 12.2 Å². The van der Waals surface area contributed by atoms with E-state index in [0.717, 1.165) is 70.8 Å². The number of benzene rings is 2. The monoisotopic (exact) mass is 1220 g/mol. The van der Waals surface area contributed by atoms with Gasteiger partial charge in [0.15, 0.2) is 23.0 Å². The number of hydrogen-bond acceptors (Lipinski definition) is 14. The summed E-state index contributed by atoms with van der Waals surface area (Å²) in [5, 5.41) is 3.57. The van der Waals surface area contributed by atoms with Crippen molar-refractivity contribution in [2.45, 2.75) is 244 Å². The number of likely N-dealkylation sites (tertiary alicyclic amines) is 2. The average molecular weight is 1220 g/mol. The summed E-state index contributed by atoms with van der Waals surface area (Å²) >= 11 is 0. The van der Waals surface area contributed by atoms with Crippen molar-refractivity contribution in [2.24, 2.45) is 5.92 Å². The lowest BCUT2D eigenvalue weighted by Gasteiger charge is -2.45. The Balaban J connectivity index is 0.000000284. The van der Waals surface area contributed by atoms with E-state index < -0.39 is 11.2 Å². The molecule has 87 heavy (non-hydrogen) atoms. The summed E-state index contributed by atoms with van der Waals surface area (Å²) in [4.78, 5) is 78.2. The minimum absolute atomic E-state index is 0.0516. The van der Waals surface area contributed by atoms with Gasteiger partial charge in [0.1, 0.15) is 11.2 Å². The molecule has 0 unspecified atom stereocenters. The van der Waals surface area contributed by atoms with Crippen molar-refractivity contribution in [3.05, 3.63) is 47.5 Å². The molecule has 2 heterocycles. The van der Waals surface area contributed by atoms with Gasteiger partial charge in [0, 0.05) is 114 Å². The van der Waals surface area contributed by atoms with Crippen molar-refractivity contribution in [2.75, 3.05) is 81.0 Å². The Hall–Kier alpha value is -5.53. The number of amides is 5. The molecule has 0 spiro atoms. The highest BCUT2D eigenvalue weighted by molar-refractivity contribution is 5.96. The molecule has 490 valence electrons. The molecular formula is C68H110N6O13. The first-order valence-electron chi connectivity index (χ1n) is 32.7. The fourth-order valence-corrected chi connectivity index (χ4v) is 12.4. The van der Waals surface area contributed by atoms with Crippen LogP contribution in [0.1, 0.15) is 206 Å². The molecule has 7 rings (SSSR count). The lowest BCUT2D eigenvalue weighted by Crippen LogP contribution is -2.58. The third-order valence-electron chi connectivity index (χ3n) is 17.0. The molecule has 4 atom stereocenters. The lowest BCUT2D eigenvalue weighted by molar-refractivity contribution is -0.133. The molecule has 2 saturated heterocycles. The van der Waals surface area contributed by atoms with Crippen molar-refractivity contribution in [1.29, 1.82) is 0 Å². The van der Waals surface area contributed by atoms with Crippen LogP contribution in [0, 0.1) is 5.92 Å². The van der Waals surface area contributed by atoms with Crippen LogP contribution in [0.5, 0.6) is 23.0 Å². The largest absolute Gasteiger partial charge is 0.493 e. The maximum atomic E-state index is 14.2. The highest BCUT2D eigenvalue weighted by Gasteiger charge is 2.42. The van der Waals surface area contributed by atoms with Crippen LogP contribution in [0.15, 0.2) is 36.4 Å². The van der Waals surface area contributed by atoms with Crippen LogP contribution < -0.4 is 24.3 Å². The minimum atomic E-state index is -0.652. The van der Waals surface area contributed by atoms with Crippen LogP contribution in [0.25, 0.3) is 0 Å². The molecule has 19 heteroatoms. The maximum absolute atomic E-state index is 14.2. The van der Waals surface area contributed by atoms with Crippen LogP contribution in [0.3, 0.4) is 0 Å². The van der Waals surface area contributed by atoms with E-state index in [-0.39, 0.29) is 66.2 Å². The van der Waals surface area contributed by atoms with Gasteiger partial charge in [0.05, 0.1) is 39.5 Å². The van der Waals surface area contributed by atoms with Gasteiger partial charge in [-0.1, -0.05) is 19.3 Å². The highest BCUT2D eigenvalue weighted by Crippen LogP contribution is 2.36. The Morgan fingerprint density at radius 2 is 1.00 bits per heavy atom. The van der Waals surface area contributed by atoms with E-state index in [1.54, 1.807) is 64.8 Å². The highest BCUT2D eigenvalue weighted by atomic mass is 16.6. The third-order valence-corrected chi connectivity index (χ3v) is 17.0. The van der Waals surface area contributed by atoms with Gasteiger partial charge in [0.25, 0.3) is 11.8 Å². The van der Waals surface area contributed by atoms with Crippen LogP contribution >= 0.6 is 0 Å². The van der Waals surface area contributed by atoms with Crippen molar-refractivity contribution >= 4 is 29.9 Å². The van der Waals surface area contributed by atoms with E-state index in [4.69, 9.17) is 37.9 Å². The van der Waals surface area contributed by atoms with Crippen molar-refractivity contribution in [3.63, 3.8) is 0 Å². The molecule has 2 aliphatic heterocycles. The number of piperidine rings is 2. The number of carbonyl (C=O) groups excluding carboxylic acids is 5. The van der Waals surface area contributed by atoms with Crippen LogP contribution in [-0.2, 0) is 23.7 Å². The molecular weight excluding hydrogens is 1110 g/mol. The summed E-state index contributed by atoms with van der Waals surface area (Å²) in [6.45, 7) is 23.8. The number of nitrogens with zero attached hydrogens (tertiary/aromatic N) is 5. The van der Waals surface area contributed by atoms with Crippen LogP contribution in [0.4, 0.5) is 9.59 Å². The van der Waals surface area contributed by atoms with Gasteiger partial charge in [-0.2, -0.15) is 0 Å². The molecule has 3 saturated carbocycles. The summed E-state index contributed by atoms with van der Waals surface area (Å²) < 4.78 is 44.8. The summed E-state index contributed by atoms with van der Waals surface area (Å²) in [6.07, 6.45) is 16.8. The van der Waals surface area contributed by atoms with E-state index in [9.17, 15) is 24.0 Å². The van der Waals surface area contributed by atoms with Gasteiger partial charge in [-0.15, -0.1) is 0 Å². The second-order valence-electron chi connectivity index (χ2n) is 27.1. The Kier molecular flexibility index (Phi) is 27.5. The number of methoxy groups -OCH3 is 4. The molecule has 0 aromatic heterocycles. The number of carbonyl (C=O) groups is 5. The van der Waals surface area contributed by atoms with Crippen LogP contribution in [0.2, 0.25) is 0 Å². The topological polar surface area (TPSA) is 187 Å². The van der Waals surface area contributed by atoms with Crippen molar-refractivity contribution < 1.29 is 61.9 Å². The number of ether oxygens (including phenoxy) is 8. The van der Waals surface area contributed by atoms with E-state index in [1.165, 1.54) is 32.1 Å². The van der Waals surface area contributed by atoms with Crippen LogP contribution in [-0.4, -0.2) is 195 Å². The molecule has 3 aliphatic carbocycles. The molecule has 0 bridgehead atoms. The quantitative estimate of drug-likeness (QED) is 0.0793. The van der Waals surface area contributed by atoms with Crippen molar-refractivity contribution in [3.8, 4) is 23.0 Å². The Morgan fingerprint density at radius 1 is 0.552 bits per heavy atom. The van der Waals surface area contributed by atoms with E-state index in [2.05, 4.69) is 10.2 Å². The van der Waals surface area contributed by atoms with Gasteiger partial charge in [-0.05, 0) is 195 Å². The van der Waals surface area contributed by atoms with Gasteiger partial charge < -0.3 is 67.7 Å². The smallest absolute Gasteiger partial charge is 0.410 e. The van der Waals surface area contributed by atoms with E-state index >= 15 is 0 Å². The minimum Gasteiger partial charge on any atom is -0.493 e. The Labute approximate surface area is 521 Å². The normalized spacial score (nSPS) is 20.0. The van der Waals surface area contributed by atoms with Gasteiger partial charge in [0.2, 0.25) is 5.91 Å². The Morgan fingerprint density at radius 3 is 1.40 bits per heavy atom. The first-order chi connectivity index (χ1) is 41.4. The zero-order valence-corrected chi connectivity index (χ0v) is 55.6. The van der Waals surface area contributed by atoms with Gasteiger partial charge in [-0.25, -0.2) is 9.59 Å². The first-order valence-corrected chi connectivity index (χ1v) is 32.7. The predicted molar refractivity (Wildman–Crippen MR) is 338 cm³/mol. The molecule has 5 fully saturated rings. The predicted octanol–water partition coefficient (Wildman–Crippen LogP) is 12.0. The van der Waals surface area contributed by atoms with Crippen molar-refractivity contribution in [1.82, 2.24) is 29.8 Å². The summed E-state index contributed by atoms with van der Waals surface area (Å²) in [5.74, 6) is 2.77. The molecule has 5 aliphatic rings. The summed E-state index contributed by atoms with van der Waals surface area (Å²) in [6, 6.07) is 11.1. The second-order valence-corrected chi connectivity index (χ2v) is 27.1. The van der Waals surface area contributed by atoms with E-state index in [1.807, 2.05) is 88.8 Å². The maximum Gasteiger partial charge on any atom is 0.410 e.